The predicted octanol–water partition coefficient (Wildman–Crippen LogP) is 2.87. The van der Waals surface area contributed by atoms with E-state index in [0.29, 0.717) is 12.2 Å². The number of nitrogens with zero attached hydrogens (tertiary/aromatic N) is 1. The molecule has 0 aromatic heterocycles. The molecule has 0 aliphatic carbocycles. The van der Waals surface area contributed by atoms with Crippen molar-refractivity contribution >= 4 is 23.6 Å². The lowest BCUT2D eigenvalue weighted by Gasteiger charge is -2.25. The molecule has 4 nitrogen and oxygen atoms in total. The second kappa shape index (κ2) is 8.56. The lowest BCUT2D eigenvalue weighted by molar-refractivity contribution is -0.135. The smallest absolute Gasteiger partial charge is 0.245 e. The van der Waals surface area contributed by atoms with Gasteiger partial charge in [0.2, 0.25) is 11.8 Å². The monoisotopic (exact) mass is 348 g/mol. The van der Waals surface area contributed by atoms with Gasteiger partial charge in [-0.15, -0.1) is 11.8 Å². The van der Waals surface area contributed by atoms with E-state index in [9.17, 15) is 9.59 Å². The molecule has 1 N–H and O–H groups in total. The van der Waals surface area contributed by atoms with Gasteiger partial charge >= 0.3 is 0 Å². The Morgan fingerprint density at radius 2 is 1.79 bits per heavy atom. The Hall–Kier alpha value is -1.49. The summed E-state index contributed by atoms with van der Waals surface area (Å²) in [6.07, 6.45) is 2.65. The Balaban J connectivity index is 2.01. The van der Waals surface area contributed by atoms with E-state index < -0.39 is 6.04 Å². The van der Waals surface area contributed by atoms with E-state index >= 15 is 0 Å². The molecular formula is C19H28N2O2S. The summed E-state index contributed by atoms with van der Waals surface area (Å²) in [5.74, 6) is 0.357. The van der Waals surface area contributed by atoms with Gasteiger partial charge in [-0.2, -0.15) is 0 Å². The van der Waals surface area contributed by atoms with Gasteiger partial charge < -0.3 is 10.2 Å². The van der Waals surface area contributed by atoms with Gasteiger partial charge in [0, 0.05) is 24.3 Å². The number of carbonyl (C=O) groups is 2. The number of hydrogen-bond acceptors (Lipinski definition) is 3. The van der Waals surface area contributed by atoms with Gasteiger partial charge in [-0.1, -0.05) is 51.1 Å². The van der Waals surface area contributed by atoms with Crippen molar-refractivity contribution in [3.63, 3.8) is 0 Å². The zero-order valence-corrected chi connectivity index (χ0v) is 15.7. The van der Waals surface area contributed by atoms with E-state index in [0.717, 1.165) is 31.5 Å². The Bertz CT molecular complexity index is 548. The average molecular weight is 349 g/mol. The molecule has 1 aliphatic heterocycles. The number of likely N-dealkylation sites (tertiary alicyclic amines) is 1. The molecule has 132 valence electrons. The number of thioether (sulfide) groups is 1. The summed E-state index contributed by atoms with van der Waals surface area (Å²) in [5.41, 5.74) is 1.07. The Labute approximate surface area is 149 Å². The topological polar surface area (TPSA) is 49.4 Å². The van der Waals surface area contributed by atoms with Crippen LogP contribution in [0.3, 0.4) is 0 Å². The third-order valence-corrected chi connectivity index (χ3v) is 5.24. The van der Waals surface area contributed by atoms with Gasteiger partial charge in [-0.05, 0) is 18.4 Å². The van der Waals surface area contributed by atoms with Crippen molar-refractivity contribution < 1.29 is 9.59 Å². The molecule has 0 spiro atoms. The third kappa shape index (κ3) is 6.19. The minimum Gasteiger partial charge on any atom is -0.343 e. The molecular weight excluding hydrogens is 320 g/mol. The number of rotatable bonds is 6. The van der Waals surface area contributed by atoms with Crippen LogP contribution in [0.1, 0.15) is 39.2 Å². The highest BCUT2D eigenvalue weighted by Crippen LogP contribution is 2.22. The zero-order chi connectivity index (χ0) is 17.6. The van der Waals surface area contributed by atoms with Crippen LogP contribution in [0.4, 0.5) is 0 Å². The highest BCUT2D eigenvalue weighted by Gasteiger charge is 2.28. The largest absolute Gasteiger partial charge is 0.343 e. The molecule has 1 heterocycles. The maximum absolute atomic E-state index is 12.8. The Morgan fingerprint density at radius 3 is 2.38 bits per heavy atom. The van der Waals surface area contributed by atoms with Crippen LogP contribution in [0.2, 0.25) is 0 Å². The van der Waals surface area contributed by atoms with Gasteiger partial charge in [0.25, 0.3) is 0 Å². The molecule has 1 aromatic rings. The van der Waals surface area contributed by atoms with E-state index in [1.54, 1.807) is 11.8 Å². The van der Waals surface area contributed by atoms with Crippen molar-refractivity contribution in [1.82, 2.24) is 10.2 Å². The molecule has 0 radical (unpaired) electrons. The van der Waals surface area contributed by atoms with Crippen molar-refractivity contribution in [2.75, 3.05) is 18.8 Å². The molecule has 5 heteroatoms. The van der Waals surface area contributed by atoms with Crippen molar-refractivity contribution in [2.45, 2.75) is 50.8 Å². The highest BCUT2D eigenvalue weighted by molar-refractivity contribution is 8.01. The predicted molar refractivity (Wildman–Crippen MR) is 100 cm³/mol. The summed E-state index contributed by atoms with van der Waals surface area (Å²) in [5, 5.41) is 2.96. The van der Waals surface area contributed by atoms with Crippen LogP contribution >= 0.6 is 11.8 Å². The van der Waals surface area contributed by atoms with Crippen molar-refractivity contribution in [2.24, 2.45) is 0 Å². The number of benzene rings is 1. The van der Waals surface area contributed by atoms with Crippen LogP contribution in [-0.4, -0.2) is 46.3 Å². The van der Waals surface area contributed by atoms with Gasteiger partial charge in [0.1, 0.15) is 6.04 Å². The fourth-order valence-corrected chi connectivity index (χ4v) is 3.37. The highest BCUT2D eigenvalue weighted by atomic mass is 32.2. The van der Waals surface area contributed by atoms with Gasteiger partial charge in [0.15, 0.2) is 0 Å². The average Bonchev–Trinajstić information content (AvgIpc) is 3.06. The fourth-order valence-electron chi connectivity index (χ4n) is 2.73. The second-order valence-electron chi connectivity index (χ2n) is 7.24. The molecule has 1 fully saturated rings. The lowest BCUT2D eigenvalue weighted by Crippen LogP contribution is -2.49. The molecule has 0 bridgehead atoms. The first-order chi connectivity index (χ1) is 11.3. The van der Waals surface area contributed by atoms with Crippen LogP contribution in [0, 0.1) is 0 Å². The molecule has 1 aromatic carbocycles. The first kappa shape index (κ1) is 18.8. The lowest BCUT2D eigenvalue weighted by atomic mass is 10.0. The molecule has 24 heavy (non-hydrogen) atoms. The number of nitrogens with one attached hydrogen (secondary N) is 1. The summed E-state index contributed by atoms with van der Waals surface area (Å²) in [6, 6.07) is 9.41. The van der Waals surface area contributed by atoms with E-state index in [1.807, 2.05) is 35.2 Å². The van der Waals surface area contributed by atoms with Crippen LogP contribution in [0.25, 0.3) is 0 Å². The molecule has 0 saturated carbocycles. The molecule has 2 amide bonds. The Morgan fingerprint density at radius 1 is 1.17 bits per heavy atom. The molecule has 2 rings (SSSR count). The van der Waals surface area contributed by atoms with Crippen LogP contribution in [0.15, 0.2) is 30.3 Å². The van der Waals surface area contributed by atoms with E-state index in [4.69, 9.17) is 0 Å². The summed E-state index contributed by atoms with van der Waals surface area (Å²) in [7, 11) is 0. The molecule has 1 saturated heterocycles. The number of carbonyl (C=O) groups excluding carboxylic acids is 2. The van der Waals surface area contributed by atoms with Crippen molar-refractivity contribution in [3.8, 4) is 0 Å². The minimum absolute atomic E-state index is 0.0330. The summed E-state index contributed by atoms with van der Waals surface area (Å²) in [6.45, 7) is 7.86. The van der Waals surface area contributed by atoms with Crippen LogP contribution in [0.5, 0.6) is 0 Å². The Kier molecular flexibility index (Phi) is 6.72. The van der Waals surface area contributed by atoms with Crippen LogP contribution in [-0.2, 0) is 16.0 Å². The van der Waals surface area contributed by atoms with Crippen molar-refractivity contribution in [3.05, 3.63) is 35.9 Å². The summed E-state index contributed by atoms with van der Waals surface area (Å²) >= 11 is 1.60. The first-order valence-corrected chi connectivity index (χ1v) is 9.60. The summed E-state index contributed by atoms with van der Waals surface area (Å²) in [4.78, 5) is 27.0. The fraction of sp³-hybridized carbons (Fsp3) is 0.579. The quantitative estimate of drug-likeness (QED) is 0.860. The minimum atomic E-state index is -0.474. The van der Waals surface area contributed by atoms with Crippen LogP contribution < -0.4 is 5.32 Å². The van der Waals surface area contributed by atoms with Gasteiger partial charge in [-0.25, -0.2) is 0 Å². The van der Waals surface area contributed by atoms with Crippen molar-refractivity contribution in [1.29, 1.82) is 0 Å². The molecule has 1 unspecified atom stereocenters. The number of hydrogen-bond donors (Lipinski definition) is 1. The zero-order valence-electron chi connectivity index (χ0n) is 14.9. The molecule has 1 aliphatic rings. The van der Waals surface area contributed by atoms with E-state index in [-0.39, 0.29) is 16.6 Å². The van der Waals surface area contributed by atoms with Gasteiger partial charge in [-0.3, -0.25) is 9.59 Å². The maximum atomic E-state index is 12.8. The SMILES string of the molecule is CC(C)(C)SCC(=O)NC(Cc1ccccc1)C(=O)N1CCCC1. The molecule has 1 atom stereocenters. The van der Waals surface area contributed by atoms with E-state index in [2.05, 4.69) is 26.1 Å². The maximum Gasteiger partial charge on any atom is 0.245 e. The number of amides is 2. The van der Waals surface area contributed by atoms with Gasteiger partial charge in [0.05, 0.1) is 5.75 Å². The first-order valence-electron chi connectivity index (χ1n) is 8.61. The second-order valence-corrected chi connectivity index (χ2v) is 9.05. The third-order valence-electron chi connectivity index (χ3n) is 3.97. The summed E-state index contributed by atoms with van der Waals surface area (Å²) < 4.78 is 0.0330. The normalized spacial score (nSPS) is 16.0. The standard InChI is InChI=1S/C19H28N2O2S/c1-19(2,3)24-14-17(22)20-16(13-15-9-5-4-6-10-15)18(23)21-11-7-8-12-21/h4-6,9-10,16H,7-8,11-14H2,1-3H3,(H,20,22). The van der Waals surface area contributed by atoms with E-state index in [1.165, 1.54) is 0 Å².